The molecule has 3 N–H and O–H groups in total. The molecule has 1 rings (SSSR count). The third-order valence-electron chi connectivity index (χ3n) is 3.57. The maximum absolute atomic E-state index is 5.95. The number of anilines is 1. The van der Waals surface area contributed by atoms with Gasteiger partial charge in [-0.15, -0.1) is 24.0 Å². The van der Waals surface area contributed by atoms with E-state index >= 15 is 0 Å². The highest BCUT2D eigenvalue weighted by molar-refractivity contribution is 14.0. The Morgan fingerprint density at radius 1 is 1.29 bits per heavy atom. The molecule has 0 saturated heterocycles. The van der Waals surface area contributed by atoms with Crippen molar-refractivity contribution in [2.24, 2.45) is 10.7 Å². The normalized spacial score (nSPS) is 12.9. The Morgan fingerprint density at radius 2 is 1.95 bits per heavy atom. The molecular formula is C16H29IN4. The van der Waals surface area contributed by atoms with Gasteiger partial charge in [0.2, 0.25) is 0 Å². The van der Waals surface area contributed by atoms with Crippen LogP contribution < -0.4 is 11.1 Å². The average molecular weight is 404 g/mol. The Bertz CT molecular complexity index is 430. The maximum Gasteiger partial charge on any atom is 0.193 e. The van der Waals surface area contributed by atoms with E-state index in [9.17, 15) is 0 Å². The molecule has 1 aromatic rings. The first-order chi connectivity index (χ1) is 9.60. The summed E-state index contributed by atoms with van der Waals surface area (Å²) >= 11 is 0. The monoisotopic (exact) mass is 404 g/mol. The molecule has 5 heteroatoms. The lowest BCUT2D eigenvalue weighted by molar-refractivity contribution is 0.237. The molecule has 0 aliphatic carbocycles. The number of aryl methyl sites for hydroxylation is 1. The van der Waals surface area contributed by atoms with E-state index in [1.165, 1.54) is 5.56 Å². The van der Waals surface area contributed by atoms with Crippen LogP contribution in [-0.2, 0) is 6.42 Å². The lowest BCUT2D eigenvalue weighted by Gasteiger charge is -2.24. The van der Waals surface area contributed by atoms with Crippen molar-refractivity contribution in [1.29, 1.82) is 0 Å². The number of nitrogens with two attached hydrogens (primary N) is 1. The van der Waals surface area contributed by atoms with Gasteiger partial charge >= 0.3 is 0 Å². The maximum atomic E-state index is 5.95. The number of guanidine groups is 1. The summed E-state index contributed by atoms with van der Waals surface area (Å²) in [5, 5.41) is 3.16. The van der Waals surface area contributed by atoms with Gasteiger partial charge in [-0.05, 0) is 44.1 Å². The molecule has 21 heavy (non-hydrogen) atoms. The summed E-state index contributed by atoms with van der Waals surface area (Å²) in [4.78, 5) is 6.80. The molecule has 120 valence electrons. The fourth-order valence-corrected chi connectivity index (χ4v) is 2.25. The predicted octanol–water partition coefficient (Wildman–Crippen LogP) is 3.32. The van der Waals surface area contributed by atoms with E-state index in [0.29, 0.717) is 18.5 Å². The molecular weight excluding hydrogens is 375 g/mol. The van der Waals surface area contributed by atoms with Crippen molar-refractivity contribution in [2.45, 2.75) is 40.2 Å². The molecule has 0 spiro atoms. The van der Waals surface area contributed by atoms with Crippen molar-refractivity contribution in [1.82, 2.24) is 4.90 Å². The summed E-state index contributed by atoms with van der Waals surface area (Å²) < 4.78 is 0. The van der Waals surface area contributed by atoms with E-state index in [-0.39, 0.29) is 24.0 Å². The van der Waals surface area contributed by atoms with Gasteiger partial charge in [0.25, 0.3) is 0 Å². The van der Waals surface area contributed by atoms with Crippen molar-refractivity contribution in [2.75, 3.05) is 25.0 Å². The minimum atomic E-state index is 0. The van der Waals surface area contributed by atoms with Crippen LogP contribution >= 0.6 is 24.0 Å². The van der Waals surface area contributed by atoms with E-state index < -0.39 is 0 Å². The van der Waals surface area contributed by atoms with Crippen molar-refractivity contribution >= 4 is 35.6 Å². The van der Waals surface area contributed by atoms with Crippen LogP contribution in [0.25, 0.3) is 0 Å². The summed E-state index contributed by atoms with van der Waals surface area (Å²) in [7, 11) is 0. The van der Waals surface area contributed by atoms with Gasteiger partial charge in [-0.1, -0.05) is 32.9 Å². The third-order valence-corrected chi connectivity index (χ3v) is 3.57. The van der Waals surface area contributed by atoms with Crippen molar-refractivity contribution in [3.8, 4) is 0 Å². The second-order valence-electron chi connectivity index (χ2n) is 4.98. The largest absolute Gasteiger partial charge is 0.370 e. The summed E-state index contributed by atoms with van der Waals surface area (Å²) in [5.74, 6) is 0.484. The highest BCUT2D eigenvalue weighted by Crippen LogP contribution is 2.10. The lowest BCUT2D eigenvalue weighted by Crippen LogP contribution is -2.36. The average Bonchev–Trinajstić information content (AvgIpc) is 2.46. The number of halogens is 1. The van der Waals surface area contributed by atoms with Crippen molar-refractivity contribution in [3.05, 3.63) is 29.8 Å². The van der Waals surface area contributed by atoms with Gasteiger partial charge in [0, 0.05) is 11.7 Å². The van der Waals surface area contributed by atoms with Crippen LogP contribution in [0.5, 0.6) is 0 Å². The van der Waals surface area contributed by atoms with Gasteiger partial charge in [-0.3, -0.25) is 9.89 Å². The van der Waals surface area contributed by atoms with Gasteiger partial charge in [-0.2, -0.15) is 0 Å². The highest BCUT2D eigenvalue weighted by Gasteiger charge is 2.08. The number of benzene rings is 1. The van der Waals surface area contributed by atoms with E-state index in [2.05, 4.69) is 55.0 Å². The quantitative estimate of drug-likeness (QED) is 0.417. The smallest absolute Gasteiger partial charge is 0.193 e. The second kappa shape index (κ2) is 10.8. The summed E-state index contributed by atoms with van der Waals surface area (Å²) in [5.41, 5.74) is 8.24. The van der Waals surface area contributed by atoms with Crippen LogP contribution in [0, 0.1) is 0 Å². The molecule has 0 bridgehead atoms. The summed E-state index contributed by atoms with van der Waals surface area (Å²) in [6.45, 7) is 11.5. The topological polar surface area (TPSA) is 53.6 Å². The standard InChI is InChI=1S/C16H28N4.HI/c1-5-14-9-8-10-15(11-14)19-16(17)18-12-13(4)20(6-2)7-3;/h8-11,13H,5-7,12H2,1-4H3,(H3,17,18,19);1H. The number of hydrogen-bond donors (Lipinski definition) is 2. The van der Waals surface area contributed by atoms with Crippen LogP contribution in [0.15, 0.2) is 29.3 Å². The molecule has 0 heterocycles. The molecule has 0 aliphatic heterocycles. The highest BCUT2D eigenvalue weighted by atomic mass is 127. The van der Waals surface area contributed by atoms with E-state index in [0.717, 1.165) is 25.2 Å². The minimum Gasteiger partial charge on any atom is -0.370 e. The molecule has 0 radical (unpaired) electrons. The lowest BCUT2D eigenvalue weighted by atomic mass is 10.1. The number of nitrogens with zero attached hydrogens (tertiary/aromatic N) is 2. The fourth-order valence-electron chi connectivity index (χ4n) is 2.25. The Hall–Kier alpha value is -0.820. The third kappa shape index (κ3) is 7.13. The van der Waals surface area contributed by atoms with Crippen LogP contribution in [0.1, 0.15) is 33.3 Å². The molecule has 0 aliphatic rings. The molecule has 0 aromatic heterocycles. The number of rotatable bonds is 7. The zero-order valence-corrected chi connectivity index (χ0v) is 15.9. The molecule has 0 amide bonds. The van der Waals surface area contributed by atoms with Crippen molar-refractivity contribution < 1.29 is 0 Å². The first kappa shape index (κ1) is 20.2. The van der Waals surface area contributed by atoms with Gasteiger partial charge in [0.15, 0.2) is 5.96 Å². The molecule has 1 aromatic carbocycles. The van der Waals surface area contributed by atoms with E-state index in [4.69, 9.17) is 5.73 Å². The molecule has 4 nitrogen and oxygen atoms in total. The van der Waals surface area contributed by atoms with Crippen LogP contribution in [-0.4, -0.2) is 36.5 Å². The van der Waals surface area contributed by atoms with Crippen molar-refractivity contribution in [3.63, 3.8) is 0 Å². The van der Waals surface area contributed by atoms with Gasteiger partial charge in [-0.25, -0.2) is 0 Å². The van der Waals surface area contributed by atoms with Gasteiger partial charge < -0.3 is 11.1 Å². The Morgan fingerprint density at radius 3 is 2.52 bits per heavy atom. The minimum absolute atomic E-state index is 0. The number of hydrogen-bond acceptors (Lipinski definition) is 2. The summed E-state index contributed by atoms with van der Waals surface area (Å²) in [6, 6.07) is 8.67. The number of aliphatic imine (C=N–C) groups is 1. The SMILES string of the molecule is CCc1cccc(NC(N)=NCC(C)N(CC)CC)c1.I. The van der Waals surface area contributed by atoms with E-state index in [1.807, 2.05) is 12.1 Å². The van der Waals surface area contributed by atoms with Gasteiger partial charge in [0.05, 0.1) is 6.54 Å². The summed E-state index contributed by atoms with van der Waals surface area (Å²) in [6.07, 6.45) is 1.02. The zero-order chi connectivity index (χ0) is 15.0. The molecule has 1 unspecified atom stereocenters. The van der Waals surface area contributed by atoms with Crippen LogP contribution in [0.4, 0.5) is 5.69 Å². The first-order valence-electron chi connectivity index (χ1n) is 7.50. The second-order valence-corrected chi connectivity index (χ2v) is 4.98. The fraction of sp³-hybridized carbons (Fsp3) is 0.562. The number of likely N-dealkylation sites (N-methyl/N-ethyl adjacent to an activating group) is 1. The predicted molar refractivity (Wildman–Crippen MR) is 104 cm³/mol. The first-order valence-corrected chi connectivity index (χ1v) is 7.50. The molecule has 0 fully saturated rings. The Balaban J connectivity index is 0.00000400. The Labute approximate surface area is 146 Å². The Kier molecular flexibility index (Phi) is 10.4. The molecule has 0 saturated carbocycles. The zero-order valence-electron chi connectivity index (χ0n) is 13.6. The van der Waals surface area contributed by atoms with Crippen LogP contribution in [0.2, 0.25) is 0 Å². The van der Waals surface area contributed by atoms with Gasteiger partial charge in [0.1, 0.15) is 0 Å². The molecule has 1 atom stereocenters. The van der Waals surface area contributed by atoms with E-state index in [1.54, 1.807) is 0 Å². The van der Waals surface area contributed by atoms with Crippen LogP contribution in [0.3, 0.4) is 0 Å². The number of nitrogens with one attached hydrogen (secondary N) is 1.